The summed E-state index contributed by atoms with van der Waals surface area (Å²) in [7, 11) is 1.54. The van der Waals surface area contributed by atoms with Crippen molar-refractivity contribution in [1.29, 1.82) is 0 Å². The number of phenolic OH excluding ortho intramolecular Hbond substituents is 1. The molecule has 1 fully saturated rings. The van der Waals surface area contributed by atoms with Crippen LogP contribution in [0.2, 0.25) is 0 Å². The van der Waals surface area contributed by atoms with Gasteiger partial charge in [0.2, 0.25) is 0 Å². The van der Waals surface area contributed by atoms with Crippen molar-refractivity contribution < 1.29 is 14.6 Å². The van der Waals surface area contributed by atoms with Crippen LogP contribution in [0.25, 0.3) is 0 Å². The molecule has 1 aliphatic rings. The second-order valence-electron chi connectivity index (χ2n) is 4.71. The molecule has 1 aromatic rings. The number of carbonyl (C=O) groups excluding carboxylic acids is 1. The first-order valence-electron chi connectivity index (χ1n) is 6.60. The number of rotatable bonds is 4. The molecule has 0 radical (unpaired) electrons. The summed E-state index contributed by atoms with van der Waals surface area (Å²) in [4.78, 5) is 16.5. The molecule has 1 saturated heterocycles. The van der Waals surface area contributed by atoms with Gasteiger partial charge in [0.1, 0.15) is 11.5 Å². The Morgan fingerprint density at radius 2 is 2.05 bits per heavy atom. The Morgan fingerprint density at radius 3 is 2.65 bits per heavy atom. The highest BCUT2D eigenvalue weighted by atomic mass is 79.9. The number of phenols is 1. The molecule has 1 amide bonds. The molecule has 2 rings (SSSR count). The van der Waals surface area contributed by atoms with Crippen molar-refractivity contribution in [2.24, 2.45) is 0 Å². The number of piperazine rings is 1. The van der Waals surface area contributed by atoms with Gasteiger partial charge in [-0.15, -0.1) is 0 Å². The van der Waals surface area contributed by atoms with E-state index in [2.05, 4.69) is 20.8 Å². The molecule has 1 heterocycles. The standard InChI is InChI=1S/C14H19BrN2O3/c1-20-11-2-3-13(18)12(10-11)14(19)17-8-6-16(5-4-15)7-9-17/h2-3,10,18H,4-9H2,1H3. The smallest absolute Gasteiger partial charge is 0.257 e. The van der Waals surface area contributed by atoms with E-state index in [1.807, 2.05) is 0 Å². The highest BCUT2D eigenvalue weighted by Crippen LogP contribution is 2.24. The summed E-state index contributed by atoms with van der Waals surface area (Å²) < 4.78 is 5.10. The molecule has 20 heavy (non-hydrogen) atoms. The number of hydrogen-bond acceptors (Lipinski definition) is 4. The first kappa shape index (κ1) is 15.1. The number of aromatic hydroxyl groups is 1. The third kappa shape index (κ3) is 3.43. The Bertz CT molecular complexity index is 473. The Labute approximate surface area is 127 Å². The van der Waals surface area contributed by atoms with Crippen LogP contribution in [-0.4, -0.2) is 66.0 Å². The fourth-order valence-electron chi connectivity index (χ4n) is 2.28. The number of halogens is 1. The molecule has 0 aromatic heterocycles. The van der Waals surface area contributed by atoms with Crippen molar-refractivity contribution in [3.63, 3.8) is 0 Å². The van der Waals surface area contributed by atoms with E-state index >= 15 is 0 Å². The van der Waals surface area contributed by atoms with E-state index in [-0.39, 0.29) is 11.7 Å². The van der Waals surface area contributed by atoms with Crippen LogP contribution >= 0.6 is 15.9 Å². The predicted molar refractivity (Wildman–Crippen MR) is 80.8 cm³/mol. The zero-order valence-electron chi connectivity index (χ0n) is 11.5. The van der Waals surface area contributed by atoms with Crippen LogP contribution in [0.5, 0.6) is 11.5 Å². The molecule has 6 heteroatoms. The van der Waals surface area contributed by atoms with E-state index in [9.17, 15) is 9.90 Å². The fourth-order valence-corrected chi connectivity index (χ4v) is 2.78. The summed E-state index contributed by atoms with van der Waals surface area (Å²) in [6.45, 7) is 4.08. The van der Waals surface area contributed by atoms with Crippen LogP contribution in [-0.2, 0) is 0 Å². The molecule has 1 N–H and O–H groups in total. The van der Waals surface area contributed by atoms with Gasteiger partial charge in [-0.3, -0.25) is 9.69 Å². The van der Waals surface area contributed by atoms with Crippen LogP contribution in [0.15, 0.2) is 18.2 Å². The van der Waals surface area contributed by atoms with Gasteiger partial charge < -0.3 is 14.7 Å². The lowest BCUT2D eigenvalue weighted by Crippen LogP contribution is -2.49. The van der Waals surface area contributed by atoms with Gasteiger partial charge in [0.25, 0.3) is 5.91 Å². The summed E-state index contributed by atoms with van der Waals surface area (Å²) >= 11 is 3.42. The average Bonchev–Trinajstić information content (AvgIpc) is 2.48. The molecule has 110 valence electrons. The Kier molecular flexibility index (Phi) is 5.25. The number of nitrogens with zero attached hydrogens (tertiary/aromatic N) is 2. The zero-order valence-corrected chi connectivity index (χ0v) is 13.1. The third-order valence-corrected chi connectivity index (χ3v) is 3.85. The highest BCUT2D eigenvalue weighted by Gasteiger charge is 2.23. The number of carbonyl (C=O) groups is 1. The molecule has 1 aromatic carbocycles. The minimum absolute atomic E-state index is 0.00122. The van der Waals surface area contributed by atoms with Gasteiger partial charge in [0.05, 0.1) is 12.7 Å². The molecule has 0 bridgehead atoms. The second-order valence-corrected chi connectivity index (χ2v) is 5.50. The van der Waals surface area contributed by atoms with Gasteiger partial charge >= 0.3 is 0 Å². The van der Waals surface area contributed by atoms with Gasteiger partial charge in [-0.25, -0.2) is 0 Å². The minimum atomic E-state index is -0.139. The number of ether oxygens (including phenoxy) is 1. The molecule has 5 nitrogen and oxygen atoms in total. The van der Waals surface area contributed by atoms with Crippen molar-refractivity contribution in [2.45, 2.75) is 0 Å². The molecule has 0 atom stereocenters. The molecule has 0 aliphatic carbocycles. The van der Waals surface area contributed by atoms with Crippen molar-refractivity contribution in [2.75, 3.05) is 45.2 Å². The zero-order chi connectivity index (χ0) is 14.5. The van der Waals surface area contributed by atoms with E-state index in [0.29, 0.717) is 24.4 Å². The lowest BCUT2D eigenvalue weighted by Gasteiger charge is -2.34. The summed E-state index contributed by atoms with van der Waals surface area (Å²) in [6.07, 6.45) is 0. The van der Waals surface area contributed by atoms with Gasteiger partial charge in [0.15, 0.2) is 0 Å². The molecule has 0 saturated carbocycles. The molecule has 1 aliphatic heterocycles. The van der Waals surface area contributed by atoms with E-state index in [1.165, 1.54) is 6.07 Å². The lowest BCUT2D eigenvalue weighted by molar-refractivity contribution is 0.0641. The summed E-state index contributed by atoms with van der Waals surface area (Å²) in [6, 6.07) is 4.72. The maximum Gasteiger partial charge on any atom is 0.257 e. The summed E-state index contributed by atoms with van der Waals surface area (Å²) in [5.74, 6) is 0.433. The first-order chi connectivity index (χ1) is 9.65. The molecule has 0 unspecified atom stereocenters. The second kappa shape index (κ2) is 6.95. The Balaban J connectivity index is 2.05. The number of benzene rings is 1. The normalized spacial score (nSPS) is 16.2. The van der Waals surface area contributed by atoms with Crippen LogP contribution < -0.4 is 4.74 Å². The van der Waals surface area contributed by atoms with Gasteiger partial charge in [-0.05, 0) is 18.2 Å². The van der Waals surface area contributed by atoms with Crippen molar-refractivity contribution in [3.8, 4) is 11.5 Å². The first-order valence-corrected chi connectivity index (χ1v) is 7.72. The maximum absolute atomic E-state index is 12.4. The summed E-state index contributed by atoms with van der Waals surface area (Å²) in [5.41, 5.74) is 0.304. The lowest BCUT2D eigenvalue weighted by atomic mass is 10.1. The van der Waals surface area contributed by atoms with Crippen LogP contribution in [0.1, 0.15) is 10.4 Å². The van der Waals surface area contributed by atoms with E-state index in [1.54, 1.807) is 24.1 Å². The topological polar surface area (TPSA) is 53.0 Å². The number of amides is 1. The van der Waals surface area contributed by atoms with Crippen LogP contribution in [0.4, 0.5) is 0 Å². The van der Waals surface area contributed by atoms with Crippen molar-refractivity contribution in [1.82, 2.24) is 9.80 Å². The summed E-state index contributed by atoms with van der Waals surface area (Å²) in [5, 5.41) is 10.8. The van der Waals surface area contributed by atoms with Crippen LogP contribution in [0.3, 0.4) is 0 Å². The predicted octanol–water partition coefficient (Wildman–Crippen LogP) is 1.55. The van der Waals surface area contributed by atoms with E-state index < -0.39 is 0 Å². The van der Waals surface area contributed by atoms with Crippen molar-refractivity contribution in [3.05, 3.63) is 23.8 Å². The van der Waals surface area contributed by atoms with Gasteiger partial charge in [0, 0.05) is 38.1 Å². The largest absolute Gasteiger partial charge is 0.507 e. The van der Waals surface area contributed by atoms with Gasteiger partial charge in [-0.1, -0.05) is 15.9 Å². The molecular formula is C14H19BrN2O3. The Morgan fingerprint density at radius 1 is 1.35 bits per heavy atom. The monoisotopic (exact) mass is 342 g/mol. The minimum Gasteiger partial charge on any atom is -0.507 e. The SMILES string of the molecule is COc1ccc(O)c(C(=O)N2CCN(CCBr)CC2)c1. The number of alkyl halides is 1. The third-order valence-electron chi connectivity index (χ3n) is 3.49. The fraction of sp³-hybridized carbons (Fsp3) is 0.500. The van der Waals surface area contributed by atoms with Crippen LogP contribution in [0, 0.1) is 0 Å². The maximum atomic E-state index is 12.4. The van der Waals surface area contributed by atoms with Gasteiger partial charge in [-0.2, -0.15) is 0 Å². The quantitative estimate of drug-likeness (QED) is 0.843. The Hall–Kier alpha value is -1.27. The number of methoxy groups -OCH3 is 1. The highest BCUT2D eigenvalue weighted by molar-refractivity contribution is 9.09. The van der Waals surface area contributed by atoms with E-state index in [0.717, 1.165) is 25.0 Å². The molecule has 0 spiro atoms. The average molecular weight is 343 g/mol. The number of hydrogen-bond donors (Lipinski definition) is 1. The molecular weight excluding hydrogens is 324 g/mol. The van der Waals surface area contributed by atoms with Crippen molar-refractivity contribution >= 4 is 21.8 Å². The van der Waals surface area contributed by atoms with E-state index in [4.69, 9.17) is 4.74 Å².